The molecule has 0 aromatic rings. The van der Waals surface area contributed by atoms with Gasteiger partial charge in [-0.2, -0.15) is 0 Å². The fourth-order valence-electron chi connectivity index (χ4n) is 0. The number of carbonyl (C=O) groups excluding carboxylic acids is 1. The Balaban J connectivity index is 0. The van der Waals surface area contributed by atoms with Crippen LogP contribution in [0.3, 0.4) is 0 Å². The van der Waals surface area contributed by atoms with Gasteiger partial charge in [-0.15, -0.1) is 0 Å². The Labute approximate surface area is 63.9 Å². The molecule has 0 aromatic carbocycles. The van der Waals surface area contributed by atoms with Crippen molar-refractivity contribution in [2.45, 2.75) is 18.1 Å². The Morgan fingerprint density at radius 2 is 1.25 bits per heavy atom. The number of Topliss-reactive ketones (excluding diaryl/α,β-unsaturated/α-hetero) is 1. The average molecular weight is 177 g/mol. The minimum Gasteiger partial charge on any atom is -0.300 e. The van der Waals surface area contributed by atoms with Crippen LogP contribution < -0.4 is 0 Å². The molecule has 8 heavy (non-hydrogen) atoms. The summed E-state index contributed by atoms with van der Waals surface area (Å²) in [4.78, 5) is 9.44. The highest BCUT2D eigenvalue weighted by Crippen LogP contribution is 2.03. The van der Waals surface area contributed by atoms with E-state index in [-0.39, 0.29) is 5.78 Å². The molecule has 0 spiro atoms. The van der Waals surface area contributed by atoms with Gasteiger partial charge in [0, 0.05) is 0 Å². The van der Waals surface area contributed by atoms with E-state index in [1.54, 1.807) is 0 Å². The Morgan fingerprint density at radius 3 is 1.25 bits per heavy atom. The zero-order chi connectivity index (χ0) is 7.15. The van der Waals surface area contributed by atoms with E-state index in [1.165, 1.54) is 13.8 Å². The highest BCUT2D eigenvalue weighted by atomic mass is 35.6. The number of rotatable bonds is 0. The molecule has 0 bridgehead atoms. The molecule has 0 fully saturated rings. The van der Waals surface area contributed by atoms with Crippen LogP contribution in [0.25, 0.3) is 0 Å². The molecule has 0 aliphatic rings. The summed E-state index contributed by atoms with van der Waals surface area (Å²) in [5, 5.41) is 0. The Bertz CT molecular complexity index is 55.5. The van der Waals surface area contributed by atoms with Crippen molar-refractivity contribution in [2.75, 3.05) is 0 Å². The molecule has 4 heteroatoms. The topological polar surface area (TPSA) is 17.1 Å². The minimum atomic E-state index is -0.750. The lowest BCUT2D eigenvalue weighted by molar-refractivity contribution is -0.114. The van der Waals surface area contributed by atoms with E-state index in [4.69, 9.17) is 34.8 Å². The second-order valence-corrected chi connectivity index (χ2v) is 3.14. The first-order valence-corrected chi connectivity index (χ1v) is 3.17. The molecular weight excluding hydrogens is 170 g/mol. The van der Waals surface area contributed by atoms with Crippen LogP contribution in [0.5, 0.6) is 0 Å². The van der Waals surface area contributed by atoms with Crippen molar-refractivity contribution in [3.8, 4) is 0 Å². The van der Waals surface area contributed by atoms with E-state index >= 15 is 0 Å². The molecule has 0 saturated heterocycles. The highest BCUT2D eigenvalue weighted by Gasteiger charge is 1.78. The number of hydrogen-bond donors (Lipinski definition) is 0. The van der Waals surface area contributed by atoms with E-state index < -0.39 is 4.30 Å². The number of hydrogen-bond acceptors (Lipinski definition) is 1. The van der Waals surface area contributed by atoms with Gasteiger partial charge in [-0.25, -0.2) is 0 Å². The van der Waals surface area contributed by atoms with Crippen LogP contribution in [0.1, 0.15) is 13.8 Å². The quantitative estimate of drug-likeness (QED) is 0.520. The molecule has 0 amide bonds. The fourth-order valence-corrected chi connectivity index (χ4v) is 0. The van der Waals surface area contributed by atoms with Crippen molar-refractivity contribution in [1.82, 2.24) is 0 Å². The molecule has 0 rings (SSSR count). The number of halogens is 3. The van der Waals surface area contributed by atoms with Gasteiger partial charge in [0.25, 0.3) is 0 Å². The molecule has 0 unspecified atom stereocenters. The summed E-state index contributed by atoms with van der Waals surface area (Å²) in [6, 6.07) is 0. The van der Waals surface area contributed by atoms with Gasteiger partial charge in [0.15, 0.2) is 4.30 Å². The van der Waals surface area contributed by atoms with E-state index in [2.05, 4.69) is 0 Å². The molecule has 0 aliphatic carbocycles. The Hall–Kier alpha value is 0.540. The molecule has 0 aliphatic heterocycles. The van der Waals surface area contributed by atoms with Crippen LogP contribution in [0.4, 0.5) is 0 Å². The minimum absolute atomic E-state index is 0.167. The summed E-state index contributed by atoms with van der Waals surface area (Å²) < 4.78 is -0.750. The van der Waals surface area contributed by atoms with Crippen LogP contribution in [-0.2, 0) is 4.79 Å². The summed E-state index contributed by atoms with van der Waals surface area (Å²) in [6.07, 6.45) is 0. The zero-order valence-electron chi connectivity index (χ0n) is 4.62. The average Bonchev–Trinajstić information content (AvgIpc) is 1.25. The molecular formula is C4H7Cl3O. The first kappa shape index (κ1) is 11.4. The summed E-state index contributed by atoms with van der Waals surface area (Å²) in [5.74, 6) is 0.167. The molecule has 0 heterocycles. The molecule has 0 N–H and O–H groups in total. The molecule has 1 nitrogen and oxygen atoms in total. The van der Waals surface area contributed by atoms with Crippen molar-refractivity contribution in [3.05, 3.63) is 0 Å². The molecule has 0 atom stereocenters. The Kier molecular flexibility index (Phi) is 10.7. The first-order valence-electron chi connectivity index (χ1n) is 1.86. The lowest BCUT2D eigenvalue weighted by Gasteiger charge is -1.69. The lowest BCUT2D eigenvalue weighted by Crippen LogP contribution is -1.69. The van der Waals surface area contributed by atoms with E-state index in [0.29, 0.717) is 0 Å². The SMILES string of the molecule is CC(C)=O.ClC(Cl)Cl. The maximum Gasteiger partial charge on any atom is 0.180 e. The number of alkyl halides is 3. The van der Waals surface area contributed by atoms with Crippen molar-refractivity contribution in [3.63, 3.8) is 0 Å². The van der Waals surface area contributed by atoms with E-state index in [9.17, 15) is 4.79 Å². The van der Waals surface area contributed by atoms with Crippen LogP contribution in [0.15, 0.2) is 0 Å². The summed E-state index contributed by atoms with van der Waals surface area (Å²) in [5.41, 5.74) is 0. The highest BCUT2D eigenvalue weighted by molar-refractivity contribution is 6.63. The van der Waals surface area contributed by atoms with Crippen LogP contribution in [-0.4, -0.2) is 10.1 Å². The van der Waals surface area contributed by atoms with Crippen molar-refractivity contribution in [1.29, 1.82) is 0 Å². The predicted octanol–water partition coefficient (Wildman–Crippen LogP) is 2.58. The van der Waals surface area contributed by atoms with Gasteiger partial charge in [0.2, 0.25) is 0 Å². The van der Waals surface area contributed by atoms with Gasteiger partial charge < -0.3 is 4.79 Å². The third kappa shape index (κ3) is 688. The van der Waals surface area contributed by atoms with E-state index in [0.717, 1.165) is 0 Å². The van der Waals surface area contributed by atoms with Crippen LogP contribution in [0, 0.1) is 0 Å². The third-order valence-electron chi connectivity index (χ3n) is 0. The van der Waals surface area contributed by atoms with Gasteiger partial charge in [-0.1, -0.05) is 34.8 Å². The second kappa shape index (κ2) is 7.54. The third-order valence-corrected chi connectivity index (χ3v) is 0. The number of carbonyl (C=O) groups is 1. The normalized spacial score (nSPS) is 7.75. The van der Waals surface area contributed by atoms with Gasteiger partial charge >= 0.3 is 0 Å². The number of ketones is 1. The van der Waals surface area contributed by atoms with E-state index in [1.807, 2.05) is 0 Å². The monoisotopic (exact) mass is 176 g/mol. The predicted molar refractivity (Wildman–Crippen MR) is 37.7 cm³/mol. The fraction of sp³-hybridized carbons (Fsp3) is 0.750. The first-order chi connectivity index (χ1) is 3.46. The van der Waals surface area contributed by atoms with Crippen molar-refractivity contribution in [2.24, 2.45) is 0 Å². The lowest BCUT2D eigenvalue weighted by atomic mass is 10.6. The maximum absolute atomic E-state index is 9.44. The molecule has 0 aromatic heterocycles. The summed E-state index contributed by atoms with van der Waals surface area (Å²) >= 11 is 14.4. The molecule has 50 valence electrons. The van der Waals surface area contributed by atoms with Crippen molar-refractivity contribution < 1.29 is 4.79 Å². The standard InChI is InChI=1S/C3H6O.CHCl3/c1-3(2)4;2-1(3)4/h1-2H3;1H. The van der Waals surface area contributed by atoms with Gasteiger partial charge in [0.1, 0.15) is 5.78 Å². The molecule has 0 saturated carbocycles. The van der Waals surface area contributed by atoms with Gasteiger partial charge in [-0.3, -0.25) is 0 Å². The van der Waals surface area contributed by atoms with Gasteiger partial charge in [-0.05, 0) is 13.8 Å². The molecule has 0 radical (unpaired) electrons. The Morgan fingerprint density at radius 1 is 1.25 bits per heavy atom. The second-order valence-electron chi connectivity index (χ2n) is 1.16. The van der Waals surface area contributed by atoms with Crippen LogP contribution in [0.2, 0.25) is 0 Å². The smallest absolute Gasteiger partial charge is 0.180 e. The zero-order valence-corrected chi connectivity index (χ0v) is 6.89. The maximum atomic E-state index is 9.44. The van der Waals surface area contributed by atoms with Crippen LogP contribution >= 0.6 is 34.8 Å². The summed E-state index contributed by atoms with van der Waals surface area (Å²) in [6.45, 7) is 3.06. The summed E-state index contributed by atoms with van der Waals surface area (Å²) in [7, 11) is 0. The van der Waals surface area contributed by atoms with Gasteiger partial charge in [0.05, 0.1) is 0 Å². The van der Waals surface area contributed by atoms with Crippen molar-refractivity contribution >= 4 is 40.6 Å². The largest absolute Gasteiger partial charge is 0.300 e.